The lowest BCUT2D eigenvalue weighted by molar-refractivity contribution is -0.274. The van der Waals surface area contributed by atoms with Gasteiger partial charge in [0, 0.05) is 38.4 Å². The number of hydrogen-bond donors (Lipinski definition) is 1. The zero-order valence-electron chi connectivity index (χ0n) is 18.2. The Morgan fingerprint density at radius 3 is 2.35 bits per heavy atom. The summed E-state index contributed by atoms with van der Waals surface area (Å²) in [6.07, 6.45) is -4.02. The van der Waals surface area contributed by atoms with Gasteiger partial charge in [-0.3, -0.25) is 9.69 Å². The van der Waals surface area contributed by atoms with Crippen LogP contribution in [0.5, 0.6) is 5.75 Å². The van der Waals surface area contributed by atoms with Crippen molar-refractivity contribution in [2.24, 2.45) is 0 Å². The number of ether oxygens (including phenoxy) is 1. The average Bonchev–Trinajstić information content (AvgIpc) is 2.70. The zero-order chi connectivity index (χ0) is 25.3. The predicted octanol–water partition coefficient (Wildman–Crippen LogP) is 3.70. The second-order valence-corrected chi connectivity index (χ2v) is 10.0. The molecule has 0 spiro atoms. The molecule has 0 radical (unpaired) electrons. The summed E-state index contributed by atoms with van der Waals surface area (Å²) >= 11 is 5.93. The van der Waals surface area contributed by atoms with Gasteiger partial charge in [-0.25, -0.2) is 17.5 Å². The van der Waals surface area contributed by atoms with E-state index in [1.54, 1.807) is 11.6 Å². The summed E-state index contributed by atoms with van der Waals surface area (Å²) in [6, 6.07) is 6.62. The van der Waals surface area contributed by atoms with Crippen LogP contribution in [0, 0.1) is 12.7 Å². The Kier molecular flexibility index (Phi) is 7.63. The Labute approximate surface area is 199 Å². The molecule has 1 N–H and O–H groups in total. The fourth-order valence-corrected chi connectivity index (χ4v) is 4.25. The van der Waals surface area contributed by atoms with Crippen LogP contribution in [0.4, 0.5) is 23.2 Å². The van der Waals surface area contributed by atoms with Crippen molar-refractivity contribution in [2.75, 3.05) is 37.3 Å². The molecule has 13 heteroatoms. The summed E-state index contributed by atoms with van der Waals surface area (Å²) in [5.41, 5.74) is 1.59. The first kappa shape index (κ1) is 26.0. The van der Waals surface area contributed by atoms with Crippen molar-refractivity contribution < 1.29 is 35.5 Å². The number of anilines is 1. The molecule has 1 saturated heterocycles. The van der Waals surface area contributed by atoms with Gasteiger partial charge < -0.3 is 9.64 Å². The van der Waals surface area contributed by atoms with Gasteiger partial charge in [-0.2, -0.15) is 0 Å². The van der Waals surface area contributed by atoms with Crippen LogP contribution in [0.2, 0.25) is 5.02 Å². The van der Waals surface area contributed by atoms with Gasteiger partial charge in [0.15, 0.2) is 0 Å². The highest BCUT2D eigenvalue weighted by Crippen LogP contribution is 2.33. The number of carbonyl (C=O) groups is 1. The van der Waals surface area contributed by atoms with Crippen molar-refractivity contribution in [1.82, 2.24) is 9.62 Å². The van der Waals surface area contributed by atoms with E-state index in [4.69, 9.17) is 11.6 Å². The van der Waals surface area contributed by atoms with Gasteiger partial charge in [-0.05, 0) is 48.4 Å². The molecule has 1 aliphatic rings. The molecule has 0 aliphatic carbocycles. The van der Waals surface area contributed by atoms with E-state index in [1.165, 1.54) is 30.3 Å². The van der Waals surface area contributed by atoms with E-state index in [0.717, 1.165) is 6.26 Å². The van der Waals surface area contributed by atoms with Crippen LogP contribution in [0.25, 0.3) is 0 Å². The van der Waals surface area contributed by atoms with Gasteiger partial charge >= 0.3 is 6.36 Å². The summed E-state index contributed by atoms with van der Waals surface area (Å²) in [7, 11) is -3.82. The number of aryl methyl sites for hydroxylation is 1. The molecule has 1 amide bonds. The van der Waals surface area contributed by atoms with Crippen LogP contribution in [0.3, 0.4) is 0 Å². The average molecular weight is 524 g/mol. The Morgan fingerprint density at radius 1 is 1.15 bits per heavy atom. The standard InChI is InChI=1S/C21H22ClF4N3O4S/c1-13-9-16(20(30)27-34(2,31)32)18(23)10-14(13)12-28-5-7-29(8-6-28)15-3-4-19(17(22)11-15)33-21(24,25)26/h3-4,9-11H,5-8,12H2,1-2H3,(H,27,30). The lowest BCUT2D eigenvalue weighted by atomic mass is 10.0. The number of sulfonamides is 1. The number of amides is 1. The van der Waals surface area contributed by atoms with E-state index in [0.29, 0.717) is 49.5 Å². The molecule has 7 nitrogen and oxygen atoms in total. The zero-order valence-corrected chi connectivity index (χ0v) is 19.8. The number of benzene rings is 2. The maximum Gasteiger partial charge on any atom is 0.573 e. The smallest absolute Gasteiger partial charge is 0.404 e. The Hall–Kier alpha value is -2.57. The van der Waals surface area contributed by atoms with Crippen molar-refractivity contribution in [3.63, 3.8) is 0 Å². The van der Waals surface area contributed by atoms with E-state index in [1.807, 2.05) is 4.90 Å². The minimum absolute atomic E-state index is 0.150. The molecule has 0 saturated carbocycles. The molecule has 0 bridgehead atoms. The molecule has 1 heterocycles. The summed E-state index contributed by atoms with van der Waals surface area (Å²) in [5, 5.41) is -0.150. The normalized spacial score (nSPS) is 15.3. The Balaban J connectivity index is 1.63. The molecule has 2 aromatic rings. The second kappa shape index (κ2) is 9.96. The number of carbonyl (C=O) groups excluding carboxylic acids is 1. The first-order chi connectivity index (χ1) is 15.7. The van der Waals surface area contributed by atoms with Crippen LogP contribution in [0.1, 0.15) is 21.5 Å². The van der Waals surface area contributed by atoms with E-state index < -0.39 is 33.9 Å². The molecule has 0 aromatic heterocycles. The maximum atomic E-state index is 14.5. The highest BCUT2D eigenvalue weighted by molar-refractivity contribution is 7.89. The Bertz CT molecular complexity index is 1180. The molecule has 0 atom stereocenters. The van der Waals surface area contributed by atoms with Crippen molar-refractivity contribution in [1.29, 1.82) is 0 Å². The number of halogens is 5. The Morgan fingerprint density at radius 2 is 1.79 bits per heavy atom. The molecule has 34 heavy (non-hydrogen) atoms. The topological polar surface area (TPSA) is 79.0 Å². The van der Waals surface area contributed by atoms with E-state index in [2.05, 4.69) is 9.64 Å². The fraction of sp³-hybridized carbons (Fsp3) is 0.381. The summed E-state index contributed by atoms with van der Waals surface area (Å²) in [5.74, 6) is -2.33. The molecular formula is C21H22ClF4N3O4S. The number of hydrogen-bond acceptors (Lipinski definition) is 6. The van der Waals surface area contributed by atoms with Gasteiger partial charge in [0.25, 0.3) is 5.91 Å². The molecule has 3 rings (SSSR count). The maximum absolute atomic E-state index is 14.5. The number of piperazine rings is 1. The van der Waals surface area contributed by atoms with Crippen LogP contribution in [-0.4, -0.2) is 58.0 Å². The first-order valence-corrected chi connectivity index (χ1v) is 12.3. The molecule has 1 fully saturated rings. The highest BCUT2D eigenvalue weighted by atomic mass is 35.5. The largest absolute Gasteiger partial charge is 0.573 e. The molecule has 186 valence electrons. The van der Waals surface area contributed by atoms with Crippen molar-refractivity contribution >= 4 is 33.2 Å². The summed E-state index contributed by atoms with van der Waals surface area (Å²) in [4.78, 5) is 16.0. The fourth-order valence-electron chi connectivity index (χ4n) is 3.59. The number of alkyl halides is 3. The monoisotopic (exact) mass is 523 g/mol. The van der Waals surface area contributed by atoms with Crippen LogP contribution in [-0.2, 0) is 16.6 Å². The van der Waals surface area contributed by atoms with Crippen molar-refractivity contribution in [3.8, 4) is 5.75 Å². The number of nitrogens with one attached hydrogen (secondary N) is 1. The van der Waals surface area contributed by atoms with Crippen molar-refractivity contribution in [2.45, 2.75) is 19.8 Å². The third-order valence-electron chi connectivity index (χ3n) is 5.22. The van der Waals surface area contributed by atoms with E-state index >= 15 is 0 Å². The van der Waals surface area contributed by atoms with Crippen LogP contribution < -0.4 is 14.4 Å². The van der Waals surface area contributed by atoms with Gasteiger partial charge in [0.1, 0.15) is 11.6 Å². The summed E-state index contributed by atoms with van der Waals surface area (Å²) in [6.45, 7) is 4.42. The number of rotatable bonds is 6. The minimum Gasteiger partial charge on any atom is -0.404 e. The molecule has 0 unspecified atom stereocenters. The highest BCUT2D eigenvalue weighted by Gasteiger charge is 2.32. The van der Waals surface area contributed by atoms with Gasteiger partial charge in [0.05, 0.1) is 16.8 Å². The molecule has 1 aliphatic heterocycles. The quantitative estimate of drug-likeness (QED) is 0.582. The SMILES string of the molecule is Cc1cc(C(=O)NS(C)(=O)=O)c(F)cc1CN1CCN(c2ccc(OC(F)(F)F)c(Cl)c2)CC1. The van der Waals surface area contributed by atoms with E-state index in [9.17, 15) is 30.8 Å². The third-order valence-corrected chi connectivity index (χ3v) is 6.07. The summed E-state index contributed by atoms with van der Waals surface area (Å²) < 4.78 is 79.8. The lowest BCUT2D eigenvalue weighted by Gasteiger charge is -2.36. The first-order valence-electron chi connectivity index (χ1n) is 10.1. The van der Waals surface area contributed by atoms with Crippen molar-refractivity contribution in [3.05, 3.63) is 57.9 Å². The third kappa shape index (κ3) is 6.97. The van der Waals surface area contributed by atoms with Gasteiger partial charge in [-0.15, -0.1) is 13.2 Å². The lowest BCUT2D eigenvalue weighted by Crippen LogP contribution is -2.46. The van der Waals surface area contributed by atoms with E-state index in [-0.39, 0.29) is 10.6 Å². The molecule has 2 aromatic carbocycles. The number of nitrogens with zero attached hydrogens (tertiary/aromatic N) is 2. The second-order valence-electron chi connectivity index (χ2n) is 7.89. The van der Waals surface area contributed by atoms with Gasteiger partial charge in [0.2, 0.25) is 10.0 Å². The molecular weight excluding hydrogens is 502 g/mol. The van der Waals surface area contributed by atoms with Crippen LogP contribution in [0.15, 0.2) is 30.3 Å². The van der Waals surface area contributed by atoms with Gasteiger partial charge in [-0.1, -0.05) is 11.6 Å². The minimum atomic E-state index is -4.83. The predicted molar refractivity (Wildman–Crippen MR) is 119 cm³/mol. The van der Waals surface area contributed by atoms with Crippen LogP contribution >= 0.6 is 11.6 Å².